The first-order valence-electron chi connectivity index (χ1n) is 6.42. The van der Waals surface area contributed by atoms with Crippen LogP contribution in [0, 0.1) is 0 Å². The van der Waals surface area contributed by atoms with Gasteiger partial charge in [0.05, 0.1) is 5.25 Å². The zero-order valence-corrected chi connectivity index (χ0v) is 11.2. The van der Waals surface area contributed by atoms with Gasteiger partial charge in [0.2, 0.25) is 0 Å². The van der Waals surface area contributed by atoms with Crippen LogP contribution in [-0.4, -0.2) is 17.6 Å². The minimum absolute atomic E-state index is 0.117. The number of unbranched alkanes of at least 4 members (excludes halogenated alkanes) is 2. The summed E-state index contributed by atoms with van der Waals surface area (Å²) in [5.74, 6) is 2.16. The topological polar surface area (TPSA) is 35.2 Å². The molecule has 3 heteroatoms. The SMILES string of the molecule is CCCCCSC1COc2ccccc2C1N. The second kappa shape index (κ2) is 6.31. The maximum atomic E-state index is 6.30. The molecule has 94 valence electrons. The molecule has 0 bridgehead atoms. The van der Waals surface area contributed by atoms with Crippen molar-refractivity contribution >= 4 is 11.8 Å². The number of ether oxygens (including phenoxy) is 1. The number of hydrogen-bond acceptors (Lipinski definition) is 3. The fourth-order valence-electron chi connectivity index (χ4n) is 2.10. The van der Waals surface area contributed by atoms with E-state index < -0.39 is 0 Å². The van der Waals surface area contributed by atoms with E-state index in [1.165, 1.54) is 25.0 Å². The highest BCUT2D eigenvalue weighted by atomic mass is 32.2. The predicted octanol–water partition coefficient (Wildman–Crippen LogP) is 3.37. The standard InChI is InChI=1S/C14H21NOS/c1-2-3-6-9-17-13-10-16-12-8-5-4-7-11(12)14(13)15/h4-5,7-8,13-14H,2-3,6,9-10,15H2,1H3. The lowest BCUT2D eigenvalue weighted by Gasteiger charge is -2.30. The van der Waals surface area contributed by atoms with E-state index in [9.17, 15) is 0 Å². The summed E-state index contributed by atoms with van der Waals surface area (Å²) >= 11 is 1.96. The van der Waals surface area contributed by atoms with E-state index in [1.807, 2.05) is 30.0 Å². The predicted molar refractivity (Wildman–Crippen MR) is 74.6 cm³/mol. The fourth-order valence-corrected chi connectivity index (χ4v) is 3.29. The van der Waals surface area contributed by atoms with E-state index in [-0.39, 0.29) is 6.04 Å². The van der Waals surface area contributed by atoms with E-state index in [2.05, 4.69) is 13.0 Å². The van der Waals surface area contributed by atoms with Crippen LogP contribution < -0.4 is 10.5 Å². The Morgan fingerprint density at radius 2 is 2.18 bits per heavy atom. The van der Waals surface area contributed by atoms with Crippen LogP contribution in [0.4, 0.5) is 0 Å². The zero-order valence-electron chi connectivity index (χ0n) is 10.4. The summed E-state index contributed by atoms with van der Waals surface area (Å²) in [4.78, 5) is 0. The van der Waals surface area contributed by atoms with Crippen LogP contribution in [0.5, 0.6) is 5.75 Å². The van der Waals surface area contributed by atoms with Gasteiger partial charge < -0.3 is 10.5 Å². The summed E-state index contributed by atoms with van der Waals surface area (Å²) in [5.41, 5.74) is 7.46. The quantitative estimate of drug-likeness (QED) is 0.815. The largest absolute Gasteiger partial charge is 0.492 e. The van der Waals surface area contributed by atoms with Crippen molar-refractivity contribution in [3.63, 3.8) is 0 Å². The second-order valence-electron chi connectivity index (χ2n) is 4.49. The van der Waals surface area contributed by atoms with Gasteiger partial charge in [-0.3, -0.25) is 0 Å². The van der Waals surface area contributed by atoms with Crippen molar-refractivity contribution in [2.45, 2.75) is 37.5 Å². The van der Waals surface area contributed by atoms with Gasteiger partial charge in [0.15, 0.2) is 0 Å². The number of benzene rings is 1. The van der Waals surface area contributed by atoms with Crippen molar-refractivity contribution in [2.24, 2.45) is 5.73 Å². The average molecular weight is 251 g/mol. The summed E-state index contributed by atoms with van der Waals surface area (Å²) in [5, 5.41) is 0.404. The van der Waals surface area contributed by atoms with Crippen LogP contribution in [-0.2, 0) is 0 Å². The highest BCUT2D eigenvalue weighted by Gasteiger charge is 2.27. The first-order chi connectivity index (χ1) is 8.33. The molecule has 2 N–H and O–H groups in total. The van der Waals surface area contributed by atoms with Gasteiger partial charge in [0.1, 0.15) is 12.4 Å². The number of nitrogens with two attached hydrogens (primary N) is 1. The third-order valence-corrected chi connectivity index (χ3v) is 4.54. The first-order valence-corrected chi connectivity index (χ1v) is 7.46. The Morgan fingerprint density at radius 3 is 3.00 bits per heavy atom. The van der Waals surface area contributed by atoms with Gasteiger partial charge in [-0.2, -0.15) is 11.8 Å². The molecule has 1 aliphatic rings. The molecule has 1 aromatic rings. The van der Waals surface area contributed by atoms with E-state index in [1.54, 1.807) is 0 Å². The van der Waals surface area contributed by atoms with Gasteiger partial charge in [0.25, 0.3) is 0 Å². The Balaban J connectivity index is 1.90. The van der Waals surface area contributed by atoms with E-state index >= 15 is 0 Å². The molecule has 0 aromatic heterocycles. The number of thioether (sulfide) groups is 1. The summed E-state index contributed by atoms with van der Waals surface area (Å²) < 4.78 is 5.76. The Bertz CT molecular complexity index is 356. The summed E-state index contributed by atoms with van der Waals surface area (Å²) in [6, 6.07) is 8.24. The van der Waals surface area contributed by atoms with Gasteiger partial charge >= 0.3 is 0 Å². The van der Waals surface area contributed by atoms with Crippen molar-refractivity contribution in [2.75, 3.05) is 12.4 Å². The molecule has 0 saturated carbocycles. The van der Waals surface area contributed by atoms with Gasteiger partial charge in [-0.15, -0.1) is 0 Å². The number of para-hydroxylation sites is 1. The van der Waals surface area contributed by atoms with Gasteiger partial charge in [0, 0.05) is 11.6 Å². The Kier molecular flexibility index (Phi) is 4.75. The van der Waals surface area contributed by atoms with Crippen LogP contribution >= 0.6 is 11.8 Å². The number of fused-ring (bicyclic) bond motifs is 1. The molecule has 2 atom stereocenters. The van der Waals surface area contributed by atoms with Crippen LogP contribution in [0.2, 0.25) is 0 Å². The fraction of sp³-hybridized carbons (Fsp3) is 0.571. The number of hydrogen-bond donors (Lipinski definition) is 1. The Labute approximate surface area is 108 Å². The lowest BCUT2D eigenvalue weighted by atomic mass is 10.0. The van der Waals surface area contributed by atoms with E-state index in [0.717, 1.165) is 17.9 Å². The molecule has 2 unspecified atom stereocenters. The van der Waals surface area contributed by atoms with Crippen molar-refractivity contribution in [1.82, 2.24) is 0 Å². The Hall–Kier alpha value is -0.670. The number of rotatable bonds is 5. The van der Waals surface area contributed by atoms with Crippen molar-refractivity contribution in [3.8, 4) is 5.75 Å². The van der Waals surface area contributed by atoms with Crippen molar-refractivity contribution < 1.29 is 4.74 Å². The maximum absolute atomic E-state index is 6.30. The monoisotopic (exact) mass is 251 g/mol. The smallest absolute Gasteiger partial charge is 0.124 e. The summed E-state index contributed by atoms with van der Waals surface area (Å²) in [6.45, 7) is 2.98. The van der Waals surface area contributed by atoms with Crippen LogP contribution in [0.3, 0.4) is 0 Å². The molecule has 0 saturated heterocycles. The molecule has 1 heterocycles. The summed E-state index contributed by atoms with van der Waals surface area (Å²) in [6.07, 6.45) is 3.87. The molecule has 0 radical (unpaired) electrons. The lowest BCUT2D eigenvalue weighted by molar-refractivity contribution is 0.276. The van der Waals surface area contributed by atoms with Crippen molar-refractivity contribution in [3.05, 3.63) is 29.8 Å². The molecule has 2 rings (SSSR count). The van der Waals surface area contributed by atoms with Crippen LogP contribution in [0.15, 0.2) is 24.3 Å². The molecule has 1 aliphatic heterocycles. The molecule has 0 spiro atoms. The highest BCUT2D eigenvalue weighted by molar-refractivity contribution is 7.99. The molecule has 2 nitrogen and oxygen atoms in total. The first kappa shape index (κ1) is 12.8. The average Bonchev–Trinajstić information content (AvgIpc) is 2.37. The normalized spacial score (nSPS) is 22.9. The minimum atomic E-state index is 0.117. The molecular formula is C14H21NOS. The maximum Gasteiger partial charge on any atom is 0.124 e. The minimum Gasteiger partial charge on any atom is -0.492 e. The molecule has 0 aliphatic carbocycles. The third-order valence-electron chi connectivity index (χ3n) is 3.16. The van der Waals surface area contributed by atoms with Crippen LogP contribution in [0.1, 0.15) is 37.8 Å². The zero-order chi connectivity index (χ0) is 12.1. The highest BCUT2D eigenvalue weighted by Crippen LogP contribution is 2.35. The third kappa shape index (κ3) is 3.17. The molecule has 0 amide bonds. The molecular weight excluding hydrogens is 230 g/mol. The van der Waals surface area contributed by atoms with E-state index in [0.29, 0.717) is 5.25 Å². The molecule has 0 fully saturated rings. The Morgan fingerprint density at radius 1 is 1.35 bits per heavy atom. The lowest BCUT2D eigenvalue weighted by Crippen LogP contribution is -2.33. The molecule has 1 aromatic carbocycles. The van der Waals surface area contributed by atoms with E-state index in [4.69, 9.17) is 10.5 Å². The van der Waals surface area contributed by atoms with Crippen molar-refractivity contribution in [1.29, 1.82) is 0 Å². The summed E-state index contributed by atoms with van der Waals surface area (Å²) in [7, 11) is 0. The van der Waals surface area contributed by atoms with Gasteiger partial charge in [-0.05, 0) is 18.2 Å². The van der Waals surface area contributed by atoms with Crippen LogP contribution in [0.25, 0.3) is 0 Å². The second-order valence-corrected chi connectivity index (χ2v) is 5.84. The van der Waals surface area contributed by atoms with Gasteiger partial charge in [-0.1, -0.05) is 38.0 Å². The van der Waals surface area contributed by atoms with Gasteiger partial charge in [-0.25, -0.2) is 0 Å². The molecule has 17 heavy (non-hydrogen) atoms.